The molecule has 0 fully saturated rings. The first-order valence-electron chi connectivity index (χ1n) is 5.91. The van der Waals surface area contributed by atoms with Crippen LogP contribution in [-0.4, -0.2) is 9.38 Å². The highest BCUT2D eigenvalue weighted by molar-refractivity contribution is 7.15. The number of hydrogen-bond donors (Lipinski definition) is 0. The molecule has 1 aliphatic rings. The molecule has 0 radical (unpaired) electrons. The molecule has 3 nitrogen and oxygen atoms in total. The summed E-state index contributed by atoms with van der Waals surface area (Å²) in [4.78, 5) is 5.77. The van der Waals surface area contributed by atoms with Crippen molar-refractivity contribution in [2.75, 3.05) is 0 Å². The van der Waals surface area contributed by atoms with Gasteiger partial charge in [-0.15, -0.1) is 11.3 Å². The van der Waals surface area contributed by atoms with Gasteiger partial charge in [-0.05, 0) is 26.0 Å². The number of imidazole rings is 1. The summed E-state index contributed by atoms with van der Waals surface area (Å²) >= 11 is 1.65. The second-order valence-corrected chi connectivity index (χ2v) is 5.85. The molecule has 0 aliphatic carbocycles. The molecule has 1 aliphatic heterocycles. The first kappa shape index (κ1) is 10.1. The molecular weight excluding hydrogens is 244 g/mol. The van der Waals surface area contributed by atoms with Crippen LogP contribution in [0, 0.1) is 0 Å². The Morgan fingerprint density at radius 3 is 3.00 bits per heavy atom. The maximum Gasteiger partial charge on any atom is 0.194 e. The van der Waals surface area contributed by atoms with Crippen molar-refractivity contribution in [3.05, 3.63) is 41.5 Å². The molecule has 0 atom stereocenters. The Morgan fingerprint density at radius 1 is 1.28 bits per heavy atom. The Bertz CT molecular complexity index is 754. The Labute approximate surface area is 109 Å². The molecule has 0 saturated carbocycles. The summed E-state index contributed by atoms with van der Waals surface area (Å²) in [6.07, 6.45) is 2.06. The third-order valence-corrected chi connectivity index (χ3v) is 4.10. The van der Waals surface area contributed by atoms with Crippen LogP contribution in [0.5, 0.6) is 5.75 Å². The second kappa shape index (κ2) is 3.14. The third-order valence-electron chi connectivity index (χ3n) is 3.34. The fourth-order valence-corrected chi connectivity index (χ4v) is 3.34. The topological polar surface area (TPSA) is 26.5 Å². The number of benzene rings is 1. The largest absolute Gasteiger partial charge is 0.481 e. The maximum absolute atomic E-state index is 6.13. The number of para-hydroxylation sites is 1. The summed E-state index contributed by atoms with van der Waals surface area (Å²) in [5, 5.41) is 2.05. The Morgan fingerprint density at radius 2 is 2.11 bits per heavy atom. The first-order chi connectivity index (χ1) is 8.67. The zero-order valence-electron chi connectivity index (χ0n) is 10.2. The molecule has 18 heavy (non-hydrogen) atoms. The average Bonchev–Trinajstić information content (AvgIpc) is 2.87. The average molecular weight is 256 g/mol. The minimum Gasteiger partial charge on any atom is -0.481 e. The lowest BCUT2D eigenvalue weighted by Gasteiger charge is -2.32. The van der Waals surface area contributed by atoms with E-state index in [1.54, 1.807) is 11.3 Å². The summed E-state index contributed by atoms with van der Waals surface area (Å²) < 4.78 is 8.26. The molecule has 90 valence electrons. The van der Waals surface area contributed by atoms with Gasteiger partial charge in [-0.2, -0.15) is 0 Å². The van der Waals surface area contributed by atoms with Crippen LogP contribution in [0.3, 0.4) is 0 Å². The van der Waals surface area contributed by atoms with Crippen molar-refractivity contribution in [3.63, 3.8) is 0 Å². The van der Waals surface area contributed by atoms with Gasteiger partial charge in [-0.25, -0.2) is 4.98 Å². The molecule has 0 spiro atoms. The van der Waals surface area contributed by atoms with Crippen LogP contribution in [0.25, 0.3) is 16.2 Å². The van der Waals surface area contributed by atoms with Crippen LogP contribution < -0.4 is 4.74 Å². The van der Waals surface area contributed by atoms with E-state index in [2.05, 4.69) is 35.9 Å². The zero-order chi connectivity index (χ0) is 12.3. The van der Waals surface area contributed by atoms with Gasteiger partial charge < -0.3 is 4.74 Å². The van der Waals surface area contributed by atoms with Crippen molar-refractivity contribution in [1.29, 1.82) is 0 Å². The lowest BCUT2D eigenvalue weighted by Crippen LogP contribution is -2.30. The minimum atomic E-state index is -0.357. The van der Waals surface area contributed by atoms with E-state index in [1.165, 1.54) is 0 Å². The molecule has 2 aromatic heterocycles. The van der Waals surface area contributed by atoms with E-state index < -0.39 is 0 Å². The van der Waals surface area contributed by atoms with Crippen LogP contribution in [0.15, 0.2) is 35.8 Å². The quantitative estimate of drug-likeness (QED) is 0.613. The molecule has 0 N–H and O–H groups in total. The highest BCUT2D eigenvalue weighted by atomic mass is 32.1. The monoisotopic (exact) mass is 256 g/mol. The second-order valence-electron chi connectivity index (χ2n) is 4.97. The van der Waals surface area contributed by atoms with Crippen LogP contribution >= 0.6 is 11.3 Å². The van der Waals surface area contributed by atoms with E-state index in [1.807, 2.05) is 18.2 Å². The van der Waals surface area contributed by atoms with Gasteiger partial charge in [-0.3, -0.25) is 4.40 Å². The molecule has 4 heteroatoms. The molecule has 0 saturated heterocycles. The van der Waals surface area contributed by atoms with Crippen molar-refractivity contribution in [1.82, 2.24) is 9.38 Å². The summed E-state index contributed by atoms with van der Waals surface area (Å²) in [5.74, 6) is 0.917. The van der Waals surface area contributed by atoms with Crippen molar-refractivity contribution in [2.45, 2.75) is 19.4 Å². The SMILES string of the molecule is CC1(C)Oc2ccccc2-c2nc3sccn3c21. The highest BCUT2D eigenvalue weighted by Crippen LogP contribution is 2.45. The molecule has 0 unspecified atom stereocenters. The van der Waals surface area contributed by atoms with E-state index in [9.17, 15) is 0 Å². The van der Waals surface area contributed by atoms with Crippen LogP contribution in [0.4, 0.5) is 0 Å². The van der Waals surface area contributed by atoms with Crippen LogP contribution in [-0.2, 0) is 5.60 Å². The van der Waals surface area contributed by atoms with Gasteiger partial charge >= 0.3 is 0 Å². The number of nitrogens with zero attached hydrogens (tertiary/aromatic N) is 2. The van der Waals surface area contributed by atoms with Crippen LogP contribution in [0.1, 0.15) is 19.5 Å². The van der Waals surface area contributed by atoms with E-state index in [-0.39, 0.29) is 5.60 Å². The minimum absolute atomic E-state index is 0.357. The van der Waals surface area contributed by atoms with E-state index in [4.69, 9.17) is 9.72 Å². The van der Waals surface area contributed by atoms with Crippen LogP contribution in [0.2, 0.25) is 0 Å². The predicted molar refractivity (Wildman–Crippen MR) is 72.2 cm³/mol. The third kappa shape index (κ3) is 1.16. The van der Waals surface area contributed by atoms with Gasteiger partial charge in [0.05, 0.1) is 5.69 Å². The van der Waals surface area contributed by atoms with E-state index in [0.29, 0.717) is 0 Å². The number of ether oxygens (including phenoxy) is 1. The molecule has 4 rings (SSSR count). The van der Waals surface area contributed by atoms with Gasteiger partial charge in [0.1, 0.15) is 17.0 Å². The fourth-order valence-electron chi connectivity index (χ4n) is 2.62. The molecule has 3 aromatic rings. The molecular formula is C14H12N2OS. The Hall–Kier alpha value is -1.81. The van der Waals surface area contributed by atoms with Crippen molar-refractivity contribution >= 4 is 16.3 Å². The number of fused-ring (bicyclic) bond motifs is 5. The number of hydrogen-bond acceptors (Lipinski definition) is 3. The fraction of sp³-hybridized carbons (Fsp3) is 0.214. The normalized spacial score (nSPS) is 16.1. The standard InChI is InChI=1S/C14H12N2OS/c1-14(2)12-11(15-13-16(12)7-8-18-13)9-5-3-4-6-10(9)17-14/h3-8H,1-2H3. The van der Waals surface area contributed by atoms with E-state index >= 15 is 0 Å². The Balaban J connectivity index is 2.15. The van der Waals surface area contributed by atoms with Crippen molar-refractivity contribution in [2.24, 2.45) is 0 Å². The summed E-state index contributed by atoms with van der Waals surface area (Å²) in [5.41, 5.74) is 2.92. The number of aromatic nitrogens is 2. The smallest absolute Gasteiger partial charge is 0.194 e. The number of rotatable bonds is 0. The number of thiazole rings is 1. The van der Waals surface area contributed by atoms with Crippen molar-refractivity contribution in [3.8, 4) is 17.0 Å². The zero-order valence-corrected chi connectivity index (χ0v) is 11.0. The maximum atomic E-state index is 6.13. The van der Waals surface area contributed by atoms with Crippen molar-refractivity contribution < 1.29 is 4.74 Å². The lowest BCUT2D eigenvalue weighted by molar-refractivity contribution is 0.0997. The lowest BCUT2D eigenvalue weighted by atomic mass is 9.95. The summed E-state index contributed by atoms with van der Waals surface area (Å²) in [6.45, 7) is 4.18. The molecule has 3 heterocycles. The summed E-state index contributed by atoms with van der Waals surface area (Å²) in [7, 11) is 0. The van der Waals surface area contributed by atoms with Gasteiger partial charge in [0.2, 0.25) is 0 Å². The predicted octanol–water partition coefficient (Wildman–Crippen LogP) is 3.69. The van der Waals surface area contributed by atoms with E-state index in [0.717, 1.165) is 27.7 Å². The molecule has 1 aromatic carbocycles. The molecule has 0 bridgehead atoms. The van der Waals surface area contributed by atoms with Gasteiger partial charge in [0, 0.05) is 17.1 Å². The molecule has 0 amide bonds. The highest BCUT2D eigenvalue weighted by Gasteiger charge is 2.36. The first-order valence-corrected chi connectivity index (χ1v) is 6.79. The Kier molecular flexibility index (Phi) is 1.77. The van der Waals surface area contributed by atoms with Gasteiger partial charge in [-0.1, -0.05) is 12.1 Å². The summed E-state index contributed by atoms with van der Waals surface area (Å²) in [6, 6.07) is 8.10. The van der Waals surface area contributed by atoms with Gasteiger partial charge in [0.15, 0.2) is 4.96 Å². The van der Waals surface area contributed by atoms with Gasteiger partial charge in [0.25, 0.3) is 0 Å².